The predicted molar refractivity (Wildman–Crippen MR) is 149 cm³/mol. The topological polar surface area (TPSA) is 115 Å². The van der Waals surface area contributed by atoms with Crippen LogP contribution in [0.1, 0.15) is 47.8 Å². The number of hydrogen-bond acceptors (Lipinski definition) is 7. The van der Waals surface area contributed by atoms with E-state index in [0.717, 1.165) is 47.0 Å². The number of hydrogen-bond donors (Lipinski definition) is 0. The molecule has 3 heterocycles. The second-order valence-corrected chi connectivity index (χ2v) is 10.9. The summed E-state index contributed by atoms with van der Waals surface area (Å²) in [6.07, 6.45) is -12.0. The van der Waals surface area contributed by atoms with Gasteiger partial charge >= 0.3 is 18.4 Å². The van der Waals surface area contributed by atoms with Gasteiger partial charge in [-0.2, -0.15) is 46.2 Å². The number of carbonyl (C=O) groups excluding carboxylic acids is 2. The smallest absolute Gasteiger partial charge is 0.428 e. The number of alkyl halides is 8. The number of benzene rings is 1. The summed E-state index contributed by atoms with van der Waals surface area (Å²) in [4.78, 5) is 26.6. The highest BCUT2D eigenvalue weighted by molar-refractivity contribution is 6.06. The molecule has 0 spiro atoms. The van der Waals surface area contributed by atoms with Gasteiger partial charge < -0.3 is 9.47 Å². The first-order valence-electron chi connectivity index (χ1n) is 14.1. The van der Waals surface area contributed by atoms with Crippen LogP contribution in [0, 0.1) is 11.3 Å². The van der Waals surface area contributed by atoms with Crippen LogP contribution in [-0.4, -0.2) is 61.1 Å². The van der Waals surface area contributed by atoms with Crippen LogP contribution >= 0.6 is 0 Å². The number of fused-ring (bicyclic) bond motifs is 1. The summed E-state index contributed by atoms with van der Waals surface area (Å²) in [7, 11) is 1.11. The van der Waals surface area contributed by atoms with Crippen LogP contribution in [0.15, 0.2) is 54.9 Å². The molecule has 0 N–H and O–H groups in total. The van der Waals surface area contributed by atoms with Crippen LogP contribution in [0.25, 0.3) is 16.9 Å². The molecule has 1 fully saturated rings. The first kappa shape index (κ1) is 34.1. The van der Waals surface area contributed by atoms with Crippen molar-refractivity contribution in [3.8, 4) is 28.8 Å². The molecule has 2 unspecified atom stereocenters. The highest BCUT2D eigenvalue weighted by Gasteiger charge is 2.61. The number of aromatic nitrogens is 4. The molecule has 5 rings (SSSR count). The van der Waals surface area contributed by atoms with E-state index in [4.69, 9.17) is 9.47 Å². The molecular weight excluding hydrogens is 660 g/mol. The average Bonchev–Trinajstić information content (AvgIpc) is 3.51. The number of allylic oxidation sites excluding steroid dienone is 1. The number of halogens is 8. The molecule has 0 saturated heterocycles. The lowest BCUT2D eigenvalue weighted by Gasteiger charge is -2.28. The normalized spacial score (nSPS) is 20.3. The Hall–Kier alpha value is -5.21. The van der Waals surface area contributed by atoms with E-state index in [1.54, 1.807) is 6.07 Å². The summed E-state index contributed by atoms with van der Waals surface area (Å²) >= 11 is 0. The molecule has 3 aromatic rings. The van der Waals surface area contributed by atoms with Gasteiger partial charge in [0.2, 0.25) is 0 Å². The lowest BCUT2D eigenvalue weighted by molar-refractivity contribution is -0.237. The molecule has 10 nitrogen and oxygen atoms in total. The highest BCUT2D eigenvalue weighted by atomic mass is 19.4. The van der Waals surface area contributed by atoms with E-state index in [9.17, 15) is 41.2 Å². The minimum absolute atomic E-state index is 0.0112. The number of carbonyl (C=O) groups is 2. The van der Waals surface area contributed by atoms with E-state index < -0.39 is 82.3 Å². The number of nitriles is 1. The second-order valence-electron chi connectivity index (χ2n) is 10.9. The van der Waals surface area contributed by atoms with Gasteiger partial charge in [0.1, 0.15) is 5.54 Å². The summed E-state index contributed by atoms with van der Waals surface area (Å²) in [6, 6.07) is 4.11. The van der Waals surface area contributed by atoms with Crippen molar-refractivity contribution in [2.45, 2.75) is 56.1 Å². The van der Waals surface area contributed by atoms with Gasteiger partial charge in [-0.25, -0.2) is 23.4 Å². The molecule has 2 aromatic heterocycles. The summed E-state index contributed by atoms with van der Waals surface area (Å²) in [5.74, 6) is -2.88. The van der Waals surface area contributed by atoms with Gasteiger partial charge in [-0.15, -0.1) is 0 Å². The molecular formula is C30H24F8N6O4. The quantitative estimate of drug-likeness (QED) is 0.261. The Morgan fingerprint density at radius 2 is 1.92 bits per heavy atom. The van der Waals surface area contributed by atoms with Crippen LogP contribution in [0.3, 0.4) is 0 Å². The summed E-state index contributed by atoms with van der Waals surface area (Å²) in [6.45, 7) is 4.48. The summed E-state index contributed by atoms with van der Waals surface area (Å²) < 4.78 is 127. The minimum Gasteiger partial charge on any atom is -0.450 e. The van der Waals surface area contributed by atoms with E-state index in [1.165, 1.54) is 6.92 Å². The first-order valence-corrected chi connectivity index (χ1v) is 14.1. The fraction of sp³-hybridized carbons (Fsp3) is 0.367. The highest BCUT2D eigenvalue weighted by Crippen LogP contribution is 2.51. The first-order chi connectivity index (χ1) is 22.4. The molecule has 1 aliphatic carbocycles. The van der Waals surface area contributed by atoms with Crippen molar-refractivity contribution in [2.75, 3.05) is 6.61 Å². The fourth-order valence-corrected chi connectivity index (χ4v) is 5.16. The number of imide groups is 1. The maximum atomic E-state index is 15.8. The van der Waals surface area contributed by atoms with E-state index >= 15 is 8.78 Å². The Morgan fingerprint density at radius 1 is 1.23 bits per heavy atom. The Balaban J connectivity index is 1.62. The van der Waals surface area contributed by atoms with Gasteiger partial charge in [-0.3, -0.25) is 4.79 Å². The molecule has 254 valence electrons. The summed E-state index contributed by atoms with van der Waals surface area (Å²) in [5.41, 5.74) is -10.2. The maximum absolute atomic E-state index is 15.8. The van der Waals surface area contributed by atoms with Crippen LogP contribution in [0.2, 0.25) is 0 Å². The third kappa shape index (κ3) is 5.66. The number of aryl methyl sites for hydroxylation is 1. The molecule has 1 aromatic carbocycles. The Labute approximate surface area is 266 Å². The fourth-order valence-electron chi connectivity index (χ4n) is 5.16. The van der Waals surface area contributed by atoms with Crippen molar-refractivity contribution in [1.82, 2.24) is 24.5 Å². The van der Waals surface area contributed by atoms with Gasteiger partial charge in [0.05, 0.1) is 30.0 Å². The Kier molecular flexibility index (Phi) is 8.39. The molecule has 18 heteroatoms. The Bertz CT molecular complexity index is 1870. The van der Waals surface area contributed by atoms with Crippen LogP contribution in [0.4, 0.5) is 39.9 Å². The van der Waals surface area contributed by atoms with Crippen molar-refractivity contribution in [3.63, 3.8) is 0 Å². The Morgan fingerprint density at radius 3 is 2.48 bits per heavy atom. The number of rotatable bonds is 6. The van der Waals surface area contributed by atoms with Crippen LogP contribution < -0.4 is 4.74 Å². The van der Waals surface area contributed by atoms with E-state index in [0.29, 0.717) is 17.0 Å². The number of nitrogens with zero attached hydrogens (tertiary/aromatic N) is 6. The molecule has 0 radical (unpaired) electrons. The monoisotopic (exact) mass is 684 g/mol. The van der Waals surface area contributed by atoms with E-state index in [-0.39, 0.29) is 30.6 Å². The SMILES string of the molecule is C=CC1=CCC(F)(C(F)(F)F)c2nn(C)c(-n3cc(-c4ccc(C(F)(F)F)c(C(=O)N(C(=O)OCC)C5(C#N)CC5)c4)cn3)c2OC1F. The number of ether oxygens (including phenoxy) is 2. The zero-order valence-electron chi connectivity index (χ0n) is 25.0. The molecule has 2 aliphatic rings. The molecule has 1 saturated carbocycles. The lowest BCUT2D eigenvalue weighted by atomic mass is 9.93. The van der Waals surface area contributed by atoms with Crippen molar-refractivity contribution in [2.24, 2.45) is 7.05 Å². The molecule has 2 amide bonds. The third-order valence-electron chi connectivity index (χ3n) is 7.84. The molecule has 2 atom stereocenters. The van der Waals surface area contributed by atoms with Gasteiger partial charge in [-0.05, 0) is 37.5 Å². The van der Waals surface area contributed by atoms with Crippen molar-refractivity contribution in [3.05, 3.63) is 71.7 Å². The standard InChI is InChI=1S/C30H24F8N6O4/c1-4-16-8-9-28(32,30(36,37)38)22-21(48-23(16)31)24(42(3)41-22)43-14-18(13-40-43)17-6-7-20(29(33,34)35)19(12-17)25(45)44(26(46)47-5-2)27(15-39)10-11-27/h4,6-8,12-14,23H,1,5,9-11H2,2-3H3. The van der Waals surface area contributed by atoms with E-state index in [2.05, 4.69) is 16.8 Å². The van der Waals surface area contributed by atoms with E-state index in [1.807, 2.05) is 0 Å². The van der Waals surface area contributed by atoms with Gasteiger partial charge in [0, 0.05) is 30.8 Å². The van der Waals surface area contributed by atoms with Crippen molar-refractivity contribution in [1.29, 1.82) is 5.26 Å². The van der Waals surface area contributed by atoms with Gasteiger partial charge in [0.25, 0.3) is 17.9 Å². The van der Waals surface area contributed by atoms with Gasteiger partial charge in [-0.1, -0.05) is 24.8 Å². The molecule has 0 bridgehead atoms. The van der Waals surface area contributed by atoms with Crippen molar-refractivity contribution < 1.29 is 54.2 Å². The van der Waals surface area contributed by atoms with Crippen LogP contribution in [0.5, 0.6) is 5.75 Å². The zero-order valence-corrected chi connectivity index (χ0v) is 25.0. The number of amides is 2. The van der Waals surface area contributed by atoms with Crippen LogP contribution in [-0.2, 0) is 23.6 Å². The zero-order chi connectivity index (χ0) is 35.4. The van der Waals surface area contributed by atoms with Crippen molar-refractivity contribution >= 4 is 12.0 Å². The second kappa shape index (κ2) is 11.8. The maximum Gasteiger partial charge on any atom is 0.428 e. The molecule has 1 aliphatic heterocycles. The largest absolute Gasteiger partial charge is 0.450 e. The minimum atomic E-state index is -5.52. The third-order valence-corrected chi connectivity index (χ3v) is 7.84. The molecule has 48 heavy (non-hydrogen) atoms. The predicted octanol–water partition coefficient (Wildman–Crippen LogP) is 6.86. The summed E-state index contributed by atoms with van der Waals surface area (Å²) in [5, 5.41) is 17.3. The lowest BCUT2D eigenvalue weighted by Crippen LogP contribution is -2.46. The average molecular weight is 685 g/mol. The van der Waals surface area contributed by atoms with Gasteiger partial charge in [0.15, 0.2) is 17.3 Å².